The number of amides is 1. The van der Waals surface area contributed by atoms with Gasteiger partial charge in [0.15, 0.2) is 5.96 Å². The molecule has 25 heavy (non-hydrogen) atoms. The number of nitrogens with one attached hydrogen (secondary N) is 3. The van der Waals surface area contributed by atoms with Crippen molar-refractivity contribution in [2.24, 2.45) is 10.9 Å². The molecule has 0 aliphatic carbocycles. The fourth-order valence-corrected chi connectivity index (χ4v) is 2.76. The van der Waals surface area contributed by atoms with Crippen molar-refractivity contribution in [2.75, 3.05) is 59.4 Å². The second-order valence-corrected chi connectivity index (χ2v) is 8.08. The fraction of sp³-hybridized carbons (Fsp3) is 0.889. The number of likely N-dealkylation sites (N-methyl/N-ethyl adjacent to an activating group) is 1. The Morgan fingerprint density at radius 1 is 1.16 bits per heavy atom. The van der Waals surface area contributed by atoms with Gasteiger partial charge in [0.25, 0.3) is 0 Å². The second-order valence-electron chi connectivity index (χ2n) is 8.08. The molecule has 0 saturated carbocycles. The van der Waals surface area contributed by atoms with E-state index in [9.17, 15) is 4.79 Å². The van der Waals surface area contributed by atoms with E-state index in [1.165, 1.54) is 0 Å². The van der Waals surface area contributed by atoms with Crippen molar-refractivity contribution in [3.8, 4) is 0 Å². The number of guanidine groups is 1. The Balaban J connectivity index is 2.38. The molecule has 3 N–H and O–H groups in total. The van der Waals surface area contributed by atoms with Crippen LogP contribution in [0.4, 0.5) is 0 Å². The molecule has 146 valence electrons. The van der Waals surface area contributed by atoms with E-state index in [2.05, 4.69) is 44.7 Å². The Hall–Kier alpha value is -1.34. The highest BCUT2D eigenvalue weighted by atomic mass is 16.2. The topological polar surface area (TPSA) is 72.0 Å². The molecule has 1 aliphatic heterocycles. The minimum atomic E-state index is -0.227. The van der Waals surface area contributed by atoms with Crippen molar-refractivity contribution in [2.45, 2.75) is 40.2 Å². The van der Waals surface area contributed by atoms with Crippen LogP contribution < -0.4 is 16.0 Å². The van der Waals surface area contributed by atoms with Crippen molar-refractivity contribution in [1.29, 1.82) is 0 Å². The number of carbonyl (C=O) groups excluding carboxylic acids is 1. The average molecular weight is 355 g/mol. The summed E-state index contributed by atoms with van der Waals surface area (Å²) in [5, 5.41) is 9.49. The maximum absolute atomic E-state index is 11.9. The predicted molar refractivity (Wildman–Crippen MR) is 105 cm³/mol. The van der Waals surface area contributed by atoms with Crippen LogP contribution in [0.15, 0.2) is 4.99 Å². The fourth-order valence-electron chi connectivity index (χ4n) is 2.76. The van der Waals surface area contributed by atoms with Crippen LogP contribution in [0.3, 0.4) is 0 Å². The Morgan fingerprint density at radius 3 is 2.36 bits per heavy atom. The Bertz CT molecular complexity index is 424. The summed E-state index contributed by atoms with van der Waals surface area (Å²) in [5.41, 5.74) is -0.227. The van der Waals surface area contributed by atoms with Crippen molar-refractivity contribution >= 4 is 11.9 Å². The summed E-state index contributed by atoms with van der Waals surface area (Å²) < 4.78 is 0. The average Bonchev–Trinajstić information content (AvgIpc) is 2.50. The number of hydrogen-bond acceptors (Lipinski definition) is 4. The third kappa shape index (κ3) is 10.3. The van der Waals surface area contributed by atoms with Gasteiger partial charge in [0.2, 0.25) is 5.91 Å². The lowest BCUT2D eigenvalue weighted by Gasteiger charge is -2.34. The molecule has 1 atom stereocenters. The zero-order valence-corrected chi connectivity index (χ0v) is 17.0. The smallest absolute Gasteiger partial charge is 0.242 e. The highest BCUT2D eigenvalue weighted by Gasteiger charge is 2.16. The summed E-state index contributed by atoms with van der Waals surface area (Å²) in [7, 11) is 2.18. The minimum Gasteiger partial charge on any atom is -0.357 e. The first-order valence-corrected chi connectivity index (χ1v) is 9.43. The number of piperazine rings is 1. The number of nitrogens with zero attached hydrogens (tertiary/aromatic N) is 3. The zero-order valence-electron chi connectivity index (χ0n) is 17.0. The van der Waals surface area contributed by atoms with E-state index in [1.54, 1.807) is 0 Å². The summed E-state index contributed by atoms with van der Waals surface area (Å²) >= 11 is 0. The molecule has 0 spiro atoms. The largest absolute Gasteiger partial charge is 0.357 e. The molecule has 1 fully saturated rings. The molecule has 1 amide bonds. The van der Waals surface area contributed by atoms with Gasteiger partial charge in [0.05, 0.1) is 0 Å². The molecular weight excluding hydrogens is 316 g/mol. The summed E-state index contributed by atoms with van der Waals surface area (Å²) in [6, 6.07) is 0. The van der Waals surface area contributed by atoms with Crippen molar-refractivity contribution in [1.82, 2.24) is 25.8 Å². The van der Waals surface area contributed by atoms with Gasteiger partial charge in [-0.2, -0.15) is 0 Å². The van der Waals surface area contributed by atoms with Crippen LogP contribution in [0.2, 0.25) is 0 Å². The molecular formula is C18H38N6O. The summed E-state index contributed by atoms with van der Waals surface area (Å²) in [6.45, 7) is 17.6. The first kappa shape index (κ1) is 21.7. The minimum absolute atomic E-state index is 0.0600. The normalized spacial score (nSPS) is 18.7. The van der Waals surface area contributed by atoms with E-state index in [4.69, 9.17) is 0 Å². The van der Waals surface area contributed by atoms with Gasteiger partial charge in [-0.05, 0) is 40.7 Å². The van der Waals surface area contributed by atoms with Gasteiger partial charge < -0.3 is 25.8 Å². The quantitative estimate of drug-likeness (QED) is 0.454. The van der Waals surface area contributed by atoms with Crippen molar-refractivity contribution in [3.63, 3.8) is 0 Å². The highest BCUT2D eigenvalue weighted by molar-refractivity contribution is 5.85. The van der Waals surface area contributed by atoms with E-state index in [-0.39, 0.29) is 18.0 Å². The lowest BCUT2D eigenvalue weighted by molar-refractivity contribution is -0.121. The van der Waals surface area contributed by atoms with Crippen molar-refractivity contribution < 1.29 is 4.79 Å². The third-order valence-corrected chi connectivity index (χ3v) is 4.02. The van der Waals surface area contributed by atoms with Gasteiger partial charge in [0, 0.05) is 51.4 Å². The van der Waals surface area contributed by atoms with Crippen LogP contribution in [-0.4, -0.2) is 86.6 Å². The van der Waals surface area contributed by atoms with Crippen molar-refractivity contribution in [3.05, 3.63) is 0 Å². The molecule has 0 aromatic rings. The lowest BCUT2D eigenvalue weighted by atomic mass is 10.1. The van der Waals surface area contributed by atoms with Crippen LogP contribution in [-0.2, 0) is 4.79 Å². The van der Waals surface area contributed by atoms with E-state index in [0.29, 0.717) is 11.9 Å². The summed E-state index contributed by atoms with van der Waals surface area (Å²) in [6.07, 6.45) is 0. The Labute approximate surface area is 153 Å². The number of aliphatic imine (C=N–C) groups is 1. The Morgan fingerprint density at radius 2 is 1.80 bits per heavy atom. The van der Waals surface area contributed by atoms with E-state index < -0.39 is 0 Å². The van der Waals surface area contributed by atoms with Crippen LogP contribution in [0.25, 0.3) is 0 Å². The van der Waals surface area contributed by atoms with Gasteiger partial charge in [-0.1, -0.05) is 6.92 Å². The van der Waals surface area contributed by atoms with Gasteiger partial charge in [-0.3, -0.25) is 4.79 Å². The van der Waals surface area contributed by atoms with Gasteiger partial charge in [0.1, 0.15) is 6.54 Å². The standard InChI is InChI=1S/C18H38N6O/c1-7-19-17(21-13-16(25)22-18(3,4)5)20-12-15(2)14-24-10-8-23(6)9-11-24/h15H,7-14H2,1-6H3,(H,22,25)(H2,19,20,21). The molecule has 1 aliphatic rings. The highest BCUT2D eigenvalue weighted by Crippen LogP contribution is 2.03. The number of carbonyl (C=O) groups is 1. The molecule has 0 bridgehead atoms. The molecule has 0 radical (unpaired) electrons. The molecule has 0 aromatic carbocycles. The van der Waals surface area contributed by atoms with Crippen LogP contribution in [0.5, 0.6) is 0 Å². The maximum Gasteiger partial charge on any atom is 0.242 e. The van der Waals surface area contributed by atoms with E-state index in [0.717, 1.165) is 45.8 Å². The number of rotatable bonds is 7. The summed E-state index contributed by atoms with van der Waals surface area (Å²) in [5.74, 6) is 1.17. The van der Waals surface area contributed by atoms with Crippen LogP contribution >= 0.6 is 0 Å². The molecule has 7 heteroatoms. The van der Waals surface area contributed by atoms with Gasteiger partial charge in [-0.15, -0.1) is 0 Å². The van der Waals surface area contributed by atoms with E-state index >= 15 is 0 Å². The molecule has 7 nitrogen and oxygen atoms in total. The van der Waals surface area contributed by atoms with Gasteiger partial charge >= 0.3 is 0 Å². The third-order valence-electron chi connectivity index (χ3n) is 4.02. The monoisotopic (exact) mass is 354 g/mol. The van der Waals surface area contributed by atoms with Gasteiger partial charge in [-0.25, -0.2) is 4.99 Å². The first-order valence-electron chi connectivity index (χ1n) is 9.43. The lowest BCUT2D eigenvalue weighted by Crippen LogP contribution is -2.47. The predicted octanol–water partition coefficient (Wildman–Crippen LogP) is 0.340. The molecule has 1 unspecified atom stereocenters. The molecule has 0 aromatic heterocycles. The first-order chi connectivity index (χ1) is 11.7. The SMILES string of the molecule is CCNC(=NCC(=O)NC(C)(C)C)NCC(C)CN1CCN(C)CC1. The summed E-state index contributed by atoms with van der Waals surface area (Å²) in [4.78, 5) is 21.2. The second kappa shape index (κ2) is 10.6. The number of hydrogen-bond donors (Lipinski definition) is 3. The Kier molecular flexibility index (Phi) is 9.21. The van der Waals surface area contributed by atoms with Crippen LogP contribution in [0, 0.1) is 5.92 Å². The zero-order chi connectivity index (χ0) is 18.9. The van der Waals surface area contributed by atoms with E-state index in [1.807, 2.05) is 27.7 Å². The maximum atomic E-state index is 11.9. The molecule has 1 saturated heterocycles. The molecule has 1 heterocycles. The van der Waals surface area contributed by atoms with Crippen LogP contribution in [0.1, 0.15) is 34.6 Å². The molecule has 1 rings (SSSR count).